The van der Waals surface area contributed by atoms with Gasteiger partial charge in [0.25, 0.3) is 11.8 Å². The highest BCUT2D eigenvalue weighted by Gasteiger charge is 2.29. The minimum Gasteiger partial charge on any atom is -0.507 e. The highest BCUT2D eigenvalue weighted by atomic mass is 16.5. The van der Waals surface area contributed by atoms with Crippen LogP contribution in [0.3, 0.4) is 0 Å². The molecule has 382 valence electrons. The fourth-order valence-corrected chi connectivity index (χ4v) is 9.30. The third-order valence-corrected chi connectivity index (χ3v) is 14.0. The summed E-state index contributed by atoms with van der Waals surface area (Å²) in [4.78, 5) is 35.2. The van der Waals surface area contributed by atoms with Crippen LogP contribution >= 0.6 is 0 Å². The molecule has 6 rings (SSSR count). The maximum absolute atomic E-state index is 13.6. The summed E-state index contributed by atoms with van der Waals surface area (Å²) in [6.45, 7) is 35.8. The molecule has 1 aliphatic rings. The first kappa shape index (κ1) is 54.3. The third kappa shape index (κ3) is 12.4. The van der Waals surface area contributed by atoms with Crippen molar-refractivity contribution in [1.29, 1.82) is 0 Å². The van der Waals surface area contributed by atoms with Crippen molar-refractivity contribution in [2.24, 2.45) is 0 Å². The first-order valence-electron chi connectivity index (χ1n) is 25.7. The zero-order chi connectivity index (χ0) is 52.5. The number of ether oxygens (including phenoxy) is 2. The van der Waals surface area contributed by atoms with E-state index in [0.29, 0.717) is 72.8 Å². The molecule has 71 heavy (non-hydrogen) atoms. The molecule has 4 aromatic carbocycles. The number of carbonyl (C=O) groups is 2. The van der Waals surface area contributed by atoms with Gasteiger partial charge in [-0.15, -0.1) is 0 Å². The Bertz CT molecular complexity index is 2610. The van der Waals surface area contributed by atoms with E-state index in [1.54, 1.807) is 21.9 Å². The Hall–Kier alpha value is -6.03. The van der Waals surface area contributed by atoms with Crippen molar-refractivity contribution in [2.45, 2.75) is 158 Å². The maximum Gasteiger partial charge on any atom is 0.272 e. The predicted molar refractivity (Wildman–Crippen MR) is 287 cm³/mol. The number of aromatic nitrogens is 1. The van der Waals surface area contributed by atoms with E-state index in [9.17, 15) is 24.9 Å². The van der Waals surface area contributed by atoms with E-state index in [4.69, 9.17) is 9.47 Å². The summed E-state index contributed by atoms with van der Waals surface area (Å²) in [6.07, 6.45) is 1.23. The summed E-state index contributed by atoms with van der Waals surface area (Å²) in [7, 11) is 0. The molecule has 0 saturated carbocycles. The molecular formula is C61H81N3O7. The van der Waals surface area contributed by atoms with Crippen LogP contribution < -0.4 is 9.47 Å². The lowest BCUT2D eigenvalue weighted by Crippen LogP contribution is -2.33. The van der Waals surface area contributed by atoms with E-state index in [2.05, 4.69) is 137 Å². The molecule has 10 nitrogen and oxygen atoms in total. The molecular weight excluding hydrogens is 887 g/mol. The molecule has 0 fully saturated rings. The van der Waals surface area contributed by atoms with Crippen molar-refractivity contribution >= 4 is 11.8 Å². The fraction of sp³-hybridized carbons (Fsp3) is 0.492. The lowest BCUT2D eigenvalue weighted by Gasteiger charge is -2.27. The molecule has 10 heteroatoms. The van der Waals surface area contributed by atoms with Crippen molar-refractivity contribution in [3.63, 3.8) is 0 Å². The quantitative estimate of drug-likeness (QED) is 0.109. The average Bonchev–Trinajstić information content (AvgIpc) is 3.28. The van der Waals surface area contributed by atoms with Crippen LogP contribution in [0.4, 0.5) is 0 Å². The largest absolute Gasteiger partial charge is 0.507 e. The zero-order valence-electron chi connectivity index (χ0n) is 45.7. The van der Waals surface area contributed by atoms with E-state index in [1.807, 2.05) is 27.7 Å². The molecule has 0 radical (unpaired) electrons. The van der Waals surface area contributed by atoms with Crippen LogP contribution in [0.15, 0.2) is 60.7 Å². The van der Waals surface area contributed by atoms with E-state index in [0.717, 1.165) is 44.5 Å². The second-order valence-electron chi connectivity index (χ2n) is 23.5. The minimum absolute atomic E-state index is 0.0727. The van der Waals surface area contributed by atoms with E-state index in [1.165, 1.54) is 0 Å². The monoisotopic (exact) mass is 968 g/mol. The van der Waals surface area contributed by atoms with E-state index < -0.39 is 0 Å². The molecule has 3 N–H and O–H groups in total. The number of carbonyl (C=O) groups excluding carboxylic acids is 2. The molecule has 0 spiro atoms. The summed E-state index contributed by atoms with van der Waals surface area (Å²) in [5.74, 6) is 0.894. The first-order valence-corrected chi connectivity index (χ1v) is 25.7. The lowest BCUT2D eigenvalue weighted by molar-refractivity contribution is 0.0758. The van der Waals surface area contributed by atoms with Crippen molar-refractivity contribution in [2.75, 3.05) is 39.4 Å². The molecule has 0 saturated heterocycles. The Kier molecular flexibility index (Phi) is 16.0. The minimum atomic E-state index is -0.284. The molecule has 0 aliphatic heterocycles. The molecule has 8 bridgehead atoms. The normalized spacial score (nSPS) is 13.2. The molecule has 0 unspecified atom stereocenters. The highest BCUT2D eigenvalue weighted by molar-refractivity contribution is 5.97. The van der Waals surface area contributed by atoms with Gasteiger partial charge in [0.15, 0.2) is 0 Å². The second-order valence-corrected chi connectivity index (χ2v) is 23.5. The standard InChI is InChI=1S/C61H81N3O7/c1-17-63(18-2)56(68)50-35-49(36-51(62-50)57(69)64(19-3)20-4)70-21-22-71-55-43-25-41-31-46(59(8,9)10)29-39(53(41)66)23-37-27-45(58(5,6)7)28-38(52(37)65)24-40-30-47(60(11,12)13)32-42(54(40)67)26-44(55)34-48(33-43)61(14,15)16/h27-36,65-67H,17-26H2,1-16H3. The average molecular weight is 968 g/mol. The number of phenols is 3. The SMILES string of the molecule is CCN(CC)C(=O)c1cc(OCCOc2c3cc(C(C)(C)C)cc2Cc2cc(C(C)(C)C)cc(c2O)Cc2cc(C(C)(C)C)cc(c2O)Cc2cc(C(C)(C)C)cc(c2O)C3)cc(C(=O)N(CC)CC)n1. The fourth-order valence-electron chi connectivity index (χ4n) is 9.30. The Morgan fingerprint density at radius 1 is 0.437 bits per heavy atom. The van der Waals surface area contributed by atoms with Crippen LogP contribution in [-0.2, 0) is 47.3 Å². The van der Waals surface area contributed by atoms with Crippen LogP contribution in [0.25, 0.3) is 0 Å². The summed E-state index contributed by atoms with van der Waals surface area (Å²) >= 11 is 0. The number of fused-ring (bicyclic) bond motifs is 8. The van der Waals surface area contributed by atoms with Crippen LogP contribution in [0.1, 0.15) is 199 Å². The number of aromatic hydroxyl groups is 3. The number of rotatable bonds is 11. The van der Waals surface area contributed by atoms with Crippen LogP contribution in [0, 0.1) is 0 Å². The van der Waals surface area contributed by atoms with Gasteiger partial charge < -0.3 is 34.6 Å². The van der Waals surface area contributed by atoms with E-state index >= 15 is 0 Å². The Balaban J connectivity index is 1.55. The Morgan fingerprint density at radius 2 is 0.690 bits per heavy atom. The van der Waals surface area contributed by atoms with Crippen LogP contribution in [0.5, 0.6) is 28.7 Å². The number of benzene rings is 4. The van der Waals surface area contributed by atoms with Crippen molar-refractivity contribution in [1.82, 2.24) is 14.8 Å². The summed E-state index contributed by atoms with van der Waals surface area (Å²) in [5, 5.41) is 37.1. The number of pyridine rings is 1. The molecule has 0 atom stereocenters. The van der Waals surface area contributed by atoms with Gasteiger partial charge in [0.1, 0.15) is 53.3 Å². The predicted octanol–water partition coefficient (Wildman–Crippen LogP) is 12.5. The van der Waals surface area contributed by atoms with Crippen molar-refractivity contribution < 1.29 is 34.4 Å². The van der Waals surface area contributed by atoms with E-state index in [-0.39, 0.29) is 88.2 Å². The van der Waals surface area contributed by atoms with Gasteiger partial charge in [-0.05, 0) is 116 Å². The van der Waals surface area contributed by atoms with Crippen molar-refractivity contribution in [3.05, 3.63) is 139 Å². The van der Waals surface area contributed by atoms with Gasteiger partial charge in [0.05, 0.1) is 0 Å². The second kappa shape index (κ2) is 21.0. The van der Waals surface area contributed by atoms with Gasteiger partial charge in [-0.2, -0.15) is 0 Å². The van der Waals surface area contributed by atoms with Gasteiger partial charge in [-0.1, -0.05) is 132 Å². The van der Waals surface area contributed by atoms with Gasteiger partial charge in [0, 0.05) is 64.0 Å². The lowest BCUT2D eigenvalue weighted by atomic mass is 9.79. The number of phenolic OH excluding ortho intramolecular Hbond substituents is 3. The maximum atomic E-state index is 13.6. The molecule has 1 heterocycles. The summed E-state index contributed by atoms with van der Waals surface area (Å²) in [5.41, 5.74) is 9.50. The Morgan fingerprint density at radius 3 is 0.958 bits per heavy atom. The molecule has 2 amide bonds. The number of amides is 2. The summed E-state index contributed by atoms with van der Waals surface area (Å²) < 4.78 is 13.3. The summed E-state index contributed by atoms with van der Waals surface area (Å²) in [6, 6.07) is 20.0. The third-order valence-electron chi connectivity index (χ3n) is 14.0. The molecule has 5 aromatic rings. The smallest absolute Gasteiger partial charge is 0.272 e. The molecule has 1 aliphatic carbocycles. The zero-order valence-corrected chi connectivity index (χ0v) is 45.7. The number of hydrogen-bond donors (Lipinski definition) is 3. The van der Waals surface area contributed by atoms with Gasteiger partial charge in [-0.25, -0.2) is 4.98 Å². The first-order chi connectivity index (χ1) is 33.1. The molecule has 1 aromatic heterocycles. The van der Waals surface area contributed by atoms with Crippen LogP contribution in [0.2, 0.25) is 0 Å². The van der Waals surface area contributed by atoms with Crippen molar-refractivity contribution in [3.8, 4) is 28.7 Å². The highest BCUT2D eigenvalue weighted by Crippen LogP contribution is 2.43. The Labute approximate surface area is 424 Å². The number of hydrogen-bond acceptors (Lipinski definition) is 8. The van der Waals surface area contributed by atoms with Gasteiger partial charge in [0.2, 0.25) is 0 Å². The van der Waals surface area contributed by atoms with Gasteiger partial charge >= 0.3 is 0 Å². The topological polar surface area (TPSA) is 133 Å². The van der Waals surface area contributed by atoms with Gasteiger partial charge in [-0.3, -0.25) is 9.59 Å². The van der Waals surface area contributed by atoms with Crippen LogP contribution in [-0.4, -0.2) is 81.3 Å². The number of nitrogens with zero attached hydrogens (tertiary/aromatic N) is 3.